The van der Waals surface area contributed by atoms with Gasteiger partial charge in [0.25, 0.3) is 0 Å². The van der Waals surface area contributed by atoms with Crippen molar-refractivity contribution >= 4 is 5.82 Å². The van der Waals surface area contributed by atoms with E-state index >= 15 is 0 Å². The molecule has 1 saturated heterocycles. The van der Waals surface area contributed by atoms with Crippen molar-refractivity contribution in [2.45, 2.75) is 6.10 Å². The number of anilines is 1. The predicted molar refractivity (Wildman–Crippen MR) is 78.8 cm³/mol. The largest absolute Gasteiger partial charge is 0.370 e. The van der Waals surface area contributed by atoms with Gasteiger partial charge in [-0.25, -0.2) is 9.97 Å². The van der Waals surface area contributed by atoms with Crippen molar-refractivity contribution < 1.29 is 4.74 Å². The van der Waals surface area contributed by atoms with E-state index in [4.69, 9.17) is 15.3 Å². The summed E-state index contributed by atoms with van der Waals surface area (Å²) in [5.74, 6) is 0.726. The second-order valence-electron chi connectivity index (χ2n) is 4.91. The maximum atomic E-state index is 8.99. The van der Waals surface area contributed by atoms with Crippen LogP contribution < -0.4 is 4.90 Å². The van der Waals surface area contributed by atoms with Crippen LogP contribution in [0.25, 0.3) is 0 Å². The zero-order valence-corrected chi connectivity index (χ0v) is 11.8. The molecule has 22 heavy (non-hydrogen) atoms. The van der Waals surface area contributed by atoms with E-state index in [-0.39, 0.29) is 6.10 Å². The van der Waals surface area contributed by atoms with Crippen LogP contribution in [0.4, 0.5) is 5.82 Å². The quantitative estimate of drug-likeness (QED) is 0.838. The molecule has 1 aliphatic rings. The minimum atomic E-state index is -0.112. The van der Waals surface area contributed by atoms with Gasteiger partial charge in [-0.2, -0.15) is 10.5 Å². The summed E-state index contributed by atoms with van der Waals surface area (Å²) >= 11 is 0. The van der Waals surface area contributed by atoms with Gasteiger partial charge in [-0.1, -0.05) is 12.1 Å². The smallest absolute Gasteiger partial charge is 0.158 e. The van der Waals surface area contributed by atoms with Gasteiger partial charge in [-0.05, 0) is 17.7 Å². The Balaban J connectivity index is 1.79. The first kappa shape index (κ1) is 14.0. The van der Waals surface area contributed by atoms with Crippen molar-refractivity contribution in [3.63, 3.8) is 0 Å². The van der Waals surface area contributed by atoms with E-state index in [1.807, 2.05) is 24.3 Å². The highest BCUT2D eigenvalue weighted by molar-refractivity contribution is 5.40. The molecule has 0 N–H and O–H groups in total. The molecule has 1 aliphatic heterocycles. The lowest BCUT2D eigenvalue weighted by Crippen LogP contribution is -2.38. The minimum absolute atomic E-state index is 0.112. The number of hydrogen-bond donors (Lipinski definition) is 0. The molecule has 0 aliphatic carbocycles. The zero-order valence-electron chi connectivity index (χ0n) is 11.8. The molecule has 1 aromatic heterocycles. The van der Waals surface area contributed by atoms with E-state index in [0.29, 0.717) is 24.4 Å². The number of ether oxygens (including phenoxy) is 1. The average Bonchev–Trinajstić information content (AvgIpc) is 2.62. The van der Waals surface area contributed by atoms with E-state index in [1.165, 1.54) is 6.20 Å². The Morgan fingerprint density at radius 3 is 2.82 bits per heavy atom. The van der Waals surface area contributed by atoms with Crippen molar-refractivity contribution in [1.29, 1.82) is 10.5 Å². The van der Waals surface area contributed by atoms with Crippen LogP contribution in [0, 0.1) is 22.7 Å². The van der Waals surface area contributed by atoms with Gasteiger partial charge in [0.1, 0.15) is 18.0 Å². The molecule has 0 bridgehead atoms. The molecule has 2 aromatic rings. The fraction of sp³-hybridized carbons (Fsp3) is 0.250. The first-order valence-corrected chi connectivity index (χ1v) is 6.89. The first-order chi connectivity index (χ1) is 10.8. The highest BCUT2D eigenvalue weighted by Gasteiger charge is 2.23. The maximum absolute atomic E-state index is 8.99. The molecule has 0 saturated carbocycles. The summed E-state index contributed by atoms with van der Waals surface area (Å²) in [4.78, 5) is 10.4. The van der Waals surface area contributed by atoms with E-state index in [9.17, 15) is 0 Å². The number of morpholine rings is 1. The number of aromatic nitrogens is 2. The van der Waals surface area contributed by atoms with Crippen LogP contribution >= 0.6 is 0 Å². The molecule has 108 valence electrons. The first-order valence-electron chi connectivity index (χ1n) is 6.89. The third kappa shape index (κ3) is 2.88. The second-order valence-corrected chi connectivity index (χ2v) is 4.91. The second kappa shape index (κ2) is 6.21. The van der Waals surface area contributed by atoms with Gasteiger partial charge >= 0.3 is 0 Å². The number of benzene rings is 1. The molecule has 0 unspecified atom stereocenters. The van der Waals surface area contributed by atoms with Crippen LogP contribution in [0.5, 0.6) is 0 Å². The normalized spacial score (nSPS) is 17.5. The van der Waals surface area contributed by atoms with Crippen molar-refractivity contribution in [1.82, 2.24) is 9.97 Å². The average molecular weight is 291 g/mol. The van der Waals surface area contributed by atoms with E-state index in [2.05, 4.69) is 20.9 Å². The summed E-state index contributed by atoms with van der Waals surface area (Å²) in [7, 11) is 0. The van der Waals surface area contributed by atoms with Crippen molar-refractivity contribution in [3.05, 3.63) is 53.5 Å². The Kier molecular flexibility index (Phi) is 3.95. The Morgan fingerprint density at radius 1 is 1.18 bits per heavy atom. The molecule has 6 heteroatoms. The number of nitrogens with zero attached hydrogens (tertiary/aromatic N) is 5. The van der Waals surface area contributed by atoms with Crippen molar-refractivity contribution in [2.75, 3.05) is 24.6 Å². The fourth-order valence-electron chi connectivity index (χ4n) is 2.41. The monoisotopic (exact) mass is 291 g/mol. The van der Waals surface area contributed by atoms with Gasteiger partial charge in [-0.3, -0.25) is 0 Å². The number of rotatable bonds is 2. The van der Waals surface area contributed by atoms with Crippen LogP contribution in [0.3, 0.4) is 0 Å². The van der Waals surface area contributed by atoms with Gasteiger partial charge in [0.05, 0.1) is 30.6 Å². The Morgan fingerprint density at radius 2 is 2.09 bits per heavy atom. The van der Waals surface area contributed by atoms with E-state index in [1.54, 1.807) is 12.3 Å². The van der Waals surface area contributed by atoms with Gasteiger partial charge in [0.15, 0.2) is 5.69 Å². The molecule has 3 rings (SSSR count). The van der Waals surface area contributed by atoms with Gasteiger partial charge in [0.2, 0.25) is 0 Å². The lowest BCUT2D eigenvalue weighted by Gasteiger charge is -2.33. The summed E-state index contributed by atoms with van der Waals surface area (Å²) in [6.45, 7) is 1.92. The molecule has 0 amide bonds. The summed E-state index contributed by atoms with van der Waals surface area (Å²) in [5.41, 5.74) is 1.90. The summed E-state index contributed by atoms with van der Waals surface area (Å²) < 4.78 is 5.81. The minimum Gasteiger partial charge on any atom is -0.370 e. The molecular formula is C16H13N5O. The Bertz CT molecular complexity index is 744. The van der Waals surface area contributed by atoms with Gasteiger partial charge in [-0.15, -0.1) is 0 Å². The Hall–Kier alpha value is -2.96. The van der Waals surface area contributed by atoms with E-state index in [0.717, 1.165) is 17.9 Å². The highest BCUT2D eigenvalue weighted by Crippen LogP contribution is 2.25. The van der Waals surface area contributed by atoms with E-state index < -0.39 is 0 Å². The predicted octanol–water partition coefficient (Wildman–Crippen LogP) is 1.80. The van der Waals surface area contributed by atoms with Crippen LogP contribution in [0.15, 0.2) is 36.7 Å². The lowest BCUT2D eigenvalue weighted by atomic mass is 10.1. The molecule has 1 atom stereocenters. The highest BCUT2D eigenvalue weighted by atomic mass is 16.5. The topological polar surface area (TPSA) is 85.8 Å². The molecule has 2 heterocycles. The summed E-state index contributed by atoms with van der Waals surface area (Å²) in [5, 5.41) is 17.8. The van der Waals surface area contributed by atoms with Gasteiger partial charge < -0.3 is 9.64 Å². The standard InChI is InChI=1S/C16H13N5O/c17-7-12-2-1-3-13(6-12)15-11-21(4-5-22-15)16-10-19-14(8-18)9-20-16/h1-3,6,9-10,15H,4-5,11H2/t15-/m1/s1. The number of nitriles is 2. The van der Waals surface area contributed by atoms with Crippen LogP contribution in [-0.4, -0.2) is 29.7 Å². The zero-order chi connectivity index (χ0) is 15.4. The van der Waals surface area contributed by atoms with Crippen molar-refractivity contribution in [2.24, 2.45) is 0 Å². The van der Waals surface area contributed by atoms with Crippen LogP contribution in [0.2, 0.25) is 0 Å². The third-order valence-corrected chi connectivity index (χ3v) is 3.53. The summed E-state index contributed by atoms with van der Waals surface area (Å²) in [6, 6.07) is 11.5. The fourth-order valence-corrected chi connectivity index (χ4v) is 2.41. The lowest BCUT2D eigenvalue weighted by molar-refractivity contribution is 0.0395. The summed E-state index contributed by atoms with van der Waals surface area (Å²) in [6.07, 6.45) is 2.96. The van der Waals surface area contributed by atoms with Crippen LogP contribution in [0.1, 0.15) is 22.9 Å². The Labute approximate surface area is 128 Å². The molecule has 6 nitrogen and oxygen atoms in total. The molecule has 1 fully saturated rings. The molecular weight excluding hydrogens is 278 g/mol. The van der Waals surface area contributed by atoms with Crippen LogP contribution in [-0.2, 0) is 4.74 Å². The van der Waals surface area contributed by atoms with Crippen molar-refractivity contribution in [3.8, 4) is 12.1 Å². The molecule has 0 spiro atoms. The number of hydrogen-bond acceptors (Lipinski definition) is 6. The SMILES string of the molecule is N#Cc1cccc([C@H]2CN(c3cnc(C#N)cn3)CCO2)c1. The van der Waals surface area contributed by atoms with Gasteiger partial charge in [0, 0.05) is 13.1 Å². The molecule has 0 radical (unpaired) electrons. The third-order valence-electron chi connectivity index (χ3n) is 3.53. The molecule has 1 aromatic carbocycles. The maximum Gasteiger partial charge on any atom is 0.158 e.